The van der Waals surface area contributed by atoms with Gasteiger partial charge in [-0.1, -0.05) is 67.4 Å². The van der Waals surface area contributed by atoms with E-state index >= 15 is 0 Å². The highest BCUT2D eigenvalue weighted by Gasteiger charge is 2.29. The maximum atomic E-state index is 13.3. The van der Waals surface area contributed by atoms with Crippen LogP contribution in [0.15, 0.2) is 42.5 Å². The molecule has 2 aromatic rings. The number of aryl methyl sites for hydroxylation is 2. The van der Waals surface area contributed by atoms with Gasteiger partial charge >= 0.3 is 0 Å². The van der Waals surface area contributed by atoms with Gasteiger partial charge in [-0.05, 0) is 56.4 Å². The second kappa shape index (κ2) is 12.1. The van der Waals surface area contributed by atoms with Crippen molar-refractivity contribution in [2.24, 2.45) is 0 Å². The third-order valence-corrected chi connectivity index (χ3v) is 5.97. The van der Waals surface area contributed by atoms with Crippen molar-refractivity contribution in [3.05, 3.63) is 69.2 Å². The fraction of sp³-hybridized carbons (Fsp3) is 0.440. The highest BCUT2D eigenvalue weighted by molar-refractivity contribution is 6.36. The van der Waals surface area contributed by atoms with Crippen LogP contribution in [0.5, 0.6) is 0 Å². The molecule has 0 fully saturated rings. The van der Waals surface area contributed by atoms with E-state index in [0.717, 1.165) is 12.0 Å². The number of carbonyl (C=O) groups is 2. The summed E-state index contributed by atoms with van der Waals surface area (Å²) in [7, 11) is 0. The first-order chi connectivity index (χ1) is 14.8. The van der Waals surface area contributed by atoms with Crippen molar-refractivity contribution in [2.45, 2.75) is 72.0 Å². The molecular formula is C25H32Cl2N2O2. The van der Waals surface area contributed by atoms with E-state index in [1.165, 1.54) is 5.56 Å². The van der Waals surface area contributed by atoms with Crippen LogP contribution in [-0.4, -0.2) is 28.8 Å². The maximum Gasteiger partial charge on any atom is 0.243 e. The van der Waals surface area contributed by atoms with Crippen molar-refractivity contribution >= 4 is 35.0 Å². The normalized spacial score (nSPS) is 12.0. The predicted octanol–water partition coefficient (Wildman–Crippen LogP) is 5.82. The zero-order chi connectivity index (χ0) is 23.0. The number of hydrogen-bond donors (Lipinski definition) is 1. The van der Waals surface area contributed by atoms with E-state index in [-0.39, 0.29) is 24.4 Å². The Kier molecular flexibility index (Phi) is 9.86. The summed E-state index contributed by atoms with van der Waals surface area (Å²) in [5.41, 5.74) is 3.02. The van der Waals surface area contributed by atoms with Gasteiger partial charge in [0.05, 0.1) is 0 Å². The van der Waals surface area contributed by atoms with Gasteiger partial charge in [-0.3, -0.25) is 9.59 Å². The first-order valence-corrected chi connectivity index (χ1v) is 11.6. The van der Waals surface area contributed by atoms with E-state index in [9.17, 15) is 9.59 Å². The second-order valence-electron chi connectivity index (χ2n) is 7.98. The molecule has 0 unspecified atom stereocenters. The molecule has 2 rings (SSSR count). The van der Waals surface area contributed by atoms with Gasteiger partial charge in [-0.15, -0.1) is 0 Å². The molecule has 0 bridgehead atoms. The van der Waals surface area contributed by atoms with Gasteiger partial charge in [0.25, 0.3) is 0 Å². The van der Waals surface area contributed by atoms with Gasteiger partial charge in [-0.25, -0.2) is 0 Å². The van der Waals surface area contributed by atoms with Crippen molar-refractivity contribution in [1.82, 2.24) is 10.2 Å². The van der Waals surface area contributed by atoms with Crippen molar-refractivity contribution in [2.75, 3.05) is 0 Å². The number of rotatable bonds is 10. The molecule has 0 spiro atoms. The Balaban J connectivity index is 2.25. The van der Waals surface area contributed by atoms with Gasteiger partial charge in [0, 0.05) is 34.6 Å². The number of nitrogens with one attached hydrogen (secondary N) is 1. The molecule has 0 aliphatic rings. The molecule has 1 atom stereocenters. The molecule has 0 aliphatic heterocycles. The molecule has 0 radical (unpaired) electrons. The van der Waals surface area contributed by atoms with E-state index < -0.39 is 6.04 Å². The lowest BCUT2D eigenvalue weighted by Crippen LogP contribution is -2.50. The van der Waals surface area contributed by atoms with Crippen LogP contribution in [0.25, 0.3) is 0 Å². The molecule has 0 saturated heterocycles. The van der Waals surface area contributed by atoms with Crippen molar-refractivity contribution in [1.29, 1.82) is 0 Å². The van der Waals surface area contributed by atoms with Crippen LogP contribution in [0.1, 0.15) is 57.2 Å². The molecule has 168 valence electrons. The lowest BCUT2D eigenvalue weighted by molar-refractivity contribution is -0.141. The van der Waals surface area contributed by atoms with E-state index in [2.05, 4.69) is 36.5 Å². The summed E-state index contributed by atoms with van der Waals surface area (Å²) in [6.07, 6.45) is 2.39. The van der Waals surface area contributed by atoms with Crippen molar-refractivity contribution < 1.29 is 9.59 Å². The Hall–Kier alpha value is -2.04. The summed E-state index contributed by atoms with van der Waals surface area (Å²) < 4.78 is 0. The molecule has 2 aromatic carbocycles. The molecule has 31 heavy (non-hydrogen) atoms. The van der Waals surface area contributed by atoms with Crippen LogP contribution in [0, 0.1) is 0 Å². The van der Waals surface area contributed by atoms with Crippen molar-refractivity contribution in [3.8, 4) is 0 Å². The minimum atomic E-state index is -0.593. The number of nitrogens with zero attached hydrogens (tertiary/aromatic N) is 1. The zero-order valence-corrected chi connectivity index (χ0v) is 20.3. The fourth-order valence-corrected chi connectivity index (χ4v) is 4.01. The third kappa shape index (κ3) is 7.26. The predicted molar refractivity (Wildman–Crippen MR) is 129 cm³/mol. The fourth-order valence-electron chi connectivity index (χ4n) is 3.49. The average Bonchev–Trinajstić information content (AvgIpc) is 2.73. The summed E-state index contributed by atoms with van der Waals surface area (Å²) in [6.45, 7) is 8.02. The lowest BCUT2D eigenvalue weighted by Gasteiger charge is -2.31. The SMILES string of the molecule is CCc1ccc(CCC(=O)N(Cc2c(Cl)cccc2Cl)[C@H](CC)C(=O)NC(C)C)cc1. The summed E-state index contributed by atoms with van der Waals surface area (Å²) >= 11 is 12.7. The first-order valence-electron chi connectivity index (χ1n) is 10.9. The molecule has 1 N–H and O–H groups in total. The van der Waals surface area contributed by atoms with E-state index in [4.69, 9.17) is 23.2 Å². The Labute approximate surface area is 195 Å². The van der Waals surface area contributed by atoms with Crippen LogP contribution < -0.4 is 5.32 Å². The van der Waals surface area contributed by atoms with E-state index in [1.54, 1.807) is 23.1 Å². The van der Waals surface area contributed by atoms with Gasteiger partial charge in [0.2, 0.25) is 11.8 Å². The number of hydrogen-bond acceptors (Lipinski definition) is 2. The summed E-state index contributed by atoms with van der Waals surface area (Å²) in [5, 5.41) is 3.90. The number of halogens is 2. The minimum Gasteiger partial charge on any atom is -0.352 e. The van der Waals surface area contributed by atoms with Crippen LogP contribution in [0.3, 0.4) is 0 Å². The Morgan fingerprint density at radius 3 is 2.06 bits per heavy atom. The monoisotopic (exact) mass is 462 g/mol. The Bertz CT molecular complexity index is 861. The largest absolute Gasteiger partial charge is 0.352 e. The lowest BCUT2D eigenvalue weighted by atomic mass is 10.0. The summed E-state index contributed by atoms with van der Waals surface area (Å²) in [4.78, 5) is 27.8. The highest BCUT2D eigenvalue weighted by Crippen LogP contribution is 2.27. The average molecular weight is 463 g/mol. The summed E-state index contributed by atoms with van der Waals surface area (Å²) in [5.74, 6) is -0.261. The molecule has 0 heterocycles. The standard InChI is InChI=1S/C25H32Cl2N2O2/c1-5-18-10-12-19(13-11-18)14-15-24(30)29(23(6-2)25(31)28-17(3)4)16-20-21(26)8-7-9-22(20)27/h7-13,17,23H,5-6,14-16H2,1-4H3,(H,28,31)/t23-/m1/s1. The van der Waals surface area contributed by atoms with E-state index in [0.29, 0.717) is 34.9 Å². The van der Waals surface area contributed by atoms with Crippen LogP contribution >= 0.6 is 23.2 Å². The molecule has 0 aliphatic carbocycles. The molecule has 6 heteroatoms. The highest BCUT2D eigenvalue weighted by atomic mass is 35.5. The van der Waals surface area contributed by atoms with Crippen LogP contribution in [0.4, 0.5) is 0 Å². The van der Waals surface area contributed by atoms with Gasteiger partial charge in [-0.2, -0.15) is 0 Å². The quantitative estimate of drug-likeness (QED) is 0.483. The minimum absolute atomic E-state index is 0.0144. The Morgan fingerprint density at radius 2 is 1.55 bits per heavy atom. The van der Waals surface area contributed by atoms with Gasteiger partial charge in [0.1, 0.15) is 6.04 Å². The molecule has 4 nitrogen and oxygen atoms in total. The molecular weight excluding hydrogens is 431 g/mol. The van der Waals surface area contributed by atoms with E-state index in [1.807, 2.05) is 20.8 Å². The maximum absolute atomic E-state index is 13.3. The molecule has 0 saturated carbocycles. The Morgan fingerprint density at radius 1 is 0.968 bits per heavy atom. The third-order valence-electron chi connectivity index (χ3n) is 5.27. The van der Waals surface area contributed by atoms with Crippen LogP contribution in [0.2, 0.25) is 10.0 Å². The number of carbonyl (C=O) groups excluding carboxylic acids is 2. The molecule has 0 aromatic heterocycles. The van der Waals surface area contributed by atoms with Gasteiger partial charge < -0.3 is 10.2 Å². The zero-order valence-electron chi connectivity index (χ0n) is 18.8. The van der Waals surface area contributed by atoms with Gasteiger partial charge in [0.15, 0.2) is 0 Å². The first kappa shape index (κ1) is 25.2. The topological polar surface area (TPSA) is 49.4 Å². The molecule has 2 amide bonds. The second-order valence-corrected chi connectivity index (χ2v) is 8.79. The summed E-state index contributed by atoms with van der Waals surface area (Å²) in [6, 6.07) is 12.9. The van der Waals surface area contributed by atoms with Crippen molar-refractivity contribution in [3.63, 3.8) is 0 Å². The van der Waals surface area contributed by atoms with Crippen LogP contribution in [-0.2, 0) is 29.0 Å². The number of amides is 2. The smallest absolute Gasteiger partial charge is 0.243 e. The number of benzene rings is 2.